The Morgan fingerprint density at radius 1 is 1.59 bits per heavy atom. The van der Waals surface area contributed by atoms with Gasteiger partial charge in [-0.3, -0.25) is 9.89 Å². The number of H-pyrrole nitrogens is 1. The number of carboxylic acid groups (broad SMARTS) is 1. The highest BCUT2D eigenvalue weighted by Gasteiger charge is 2.35. The average Bonchev–Trinajstić information content (AvgIpc) is 2.97. The number of rotatable bonds is 3. The van der Waals surface area contributed by atoms with E-state index in [2.05, 4.69) is 15.2 Å². The van der Waals surface area contributed by atoms with Crippen molar-refractivity contribution in [1.82, 2.24) is 20.1 Å². The number of hydrogen-bond acceptors (Lipinski definition) is 4. The van der Waals surface area contributed by atoms with Gasteiger partial charge in [-0.05, 0) is 12.8 Å². The zero-order valence-electron chi connectivity index (χ0n) is 9.51. The number of amides is 1. The van der Waals surface area contributed by atoms with Crippen LogP contribution in [0.15, 0.2) is 0 Å². The second-order valence-electron chi connectivity index (χ2n) is 3.95. The van der Waals surface area contributed by atoms with Gasteiger partial charge in [-0.2, -0.15) is 0 Å². The number of likely N-dealkylation sites (tertiary alicyclic amines) is 1. The van der Waals surface area contributed by atoms with E-state index in [4.69, 9.17) is 5.11 Å². The van der Waals surface area contributed by atoms with Gasteiger partial charge in [0.15, 0.2) is 0 Å². The number of aryl methyl sites for hydroxylation is 1. The third-order valence-corrected chi connectivity index (χ3v) is 2.86. The van der Waals surface area contributed by atoms with E-state index in [1.54, 1.807) is 0 Å². The Morgan fingerprint density at radius 2 is 2.35 bits per heavy atom. The minimum absolute atomic E-state index is 0.0509. The summed E-state index contributed by atoms with van der Waals surface area (Å²) in [5, 5.41) is 15.4. The summed E-state index contributed by atoms with van der Waals surface area (Å²) in [4.78, 5) is 28.3. The zero-order chi connectivity index (χ0) is 12.4. The summed E-state index contributed by atoms with van der Waals surface area (Å²) in [6.45, 7) is 2.34. The van der Waals surface area contributed by atoms with Crippen LogP contribution in [0, 0.1) is 0 Å². The predicted octanol–water partition coefficient (Wildman–Crippen LogP) is 0.0563. The van der Waals surface area contributed by atoms with Gasteiger partial charge in [-0.1, -0.05) is 6.92 Å². The molecule has 17 heavy (non-hydrogen) atoms. The van der Waals surface area contributed by atoms with Crippen molar-refractivity contribution in [2.45, 2.75) is 32.2 Å². The van der Waals surface area contributed by atoms with Crippen molar-refractivity contribution in [1.29, 1.82) is 0 Å². The Bertz CT molecular complexity index is 443. The van der Waals surface area contributed by atoms with E-state index in [1.807, 2.05) is 6.92 Å². The maximum absolute atomic E-state index is 12.0. The summed E-state index contributed by atoms with van der Waals surface area (Å²) in [5.74, 6) is -0.706. The molecular weight excluding hydrogens is 224 g/mol. The maximum Gasteiger partial charge on any atom is 0.326 e. The molecular formula is C10H14N4O3. The fraction of sp³-hybridized carbons (Fsp3) is 0.600. The van der Waals surface area contributed by atoms with Crippen LogP contribution in [-0.2, 0) is 11.2 Å². The molecule has 0 spiro atoms. The van der Waals surface area contributed by atoms with Crippen molar-refractivity contribution in [3.05, 3.63) is 11.6 Å². The van der Waals surface area contributed by atoms with Crippen molar-refractivity contribution in [3.63, 3.8) is 0 Å². The molecule has 7 nitrogen and oxygen atoms in total. The highest BCUT2D eigenvalue weighted by atomic mass is 16.4. The molecule has 0 bridgehead atoms. The Morgan fingerprint density at radius 3 is 2.94 bits per heavy atom. The lowest BCUT2D eigenvalue weighted by atomic mass is 10.2. The Labute approximate surface area is 97.8 Å². The number of carboxylic acids is 1. The molecule has 7 heteroatoms. The van der Waals surface area contributed by atoms with Gasteiger partial charge in [-0.25, -0.2) is 9.78 Å². The van der Waals surface area contributed by atoms with Crippen LogP contribution in [0.4, 0.5) is 0 Å². The van der Waals surface area contributed by atoms with Gasteiger partial charge in [-0.15, -0.1) is 5.10 Å². The fourth-order valence-electron chi connectivity index (χ4n) is 1.94. The van der Waals surface area contributed by atoms with Crippen molar-refractivity contribution in [2.24, 2.45) is 0 Å². The van der Waals surface area contributed by atoms with Gasteiger partial charge in [0.05, 0.1) is 0 Å². The van der Waals surface area contributed by atoms with E-state index in [1.165, 1.54) is 4.90 Å². The molecule has 1 aromatic heterocycles. The SMILES string of the molecule is CCc1nc(C(=O)N2CCC[C@H]2C(=O)O)n[nH]1. The number of nitrogens with zero attached hydrogens (tertiary/aromatic N) is 3. The van der Waals surface area contributed by atoms with Crippen LogP contribution in [0.2, 0.25) is 0 Å². The largest absolute Gasteiger partial charge is 0.480 e. The molecule has 0 radical (unpaired) electrons. The molecule has 1 aliphatic rings. The highest BCUT2D eigenvalue weighted by Crippen LogP contribution is 2.19. The summed E-state index contributed by atoms with van der Waals surface area (Å²) in [6.07, 6.45) is 1.85. The van der Waals surface area contributed by atoms with Crippen LogP contribution < -0.4 is 0 Å². The molecule has 0 aromatic carbocycles. The standard InChI is InChI=1S/C10H14N4O3/c1-2-7-11-8(13-12-7)9(15)14-5-3-4-6(14)10(16)17/h6H,2-5H2,1H3,(H,16,17)(H,11,12,13)/t6-/m0/s1. The fourth-order valence-corrected chi connectivity index (χ4v) is 1.94. The quantitative estimate of drug-likeness (QED) is 0.775. The second kappa shape index (κ2) is 4.52. The van der Waals surface area contributed by atoms with E-state index >= 15 is 0 Å². The monoisotopic (exact) mass is 238 g/mol. The molecule has 0 aliphatic carbocycles. The first-order valence-corrected chi connectivity index (χ1v) is 5.58. The van der Waals surface area contributed by atoms with Crippen LogP contribution in [0.3, 0.4) is 0 Å². The van der Waals surface area contributed by atoms with Crippen LogP contribution in [0.1, 0.15) is 36.2 Å². The first-order valence-electron chi connectivity index (χ1n) is 5.58. The molecule has 1 amide bonds. The number of nitrogens with one attached hydrogen (secondary N) is 1. The van der Waals surface area contributed by atoms with Gasteiger partial charge >= 0.3 is 5.97 Å². The molecule has 92 valence electrons. The van der Waals surface area contributed by atoms with Crippen molar-refractivity contribution >= 4 is 11.9 Å². The van der Waals surface area contributed by atoms with Crippen LogP contribution >= 0.6 is 0 Å². The molecule has 1 atom stereocenters. The first kappa shape index (κ1) is 11.6. The number of carbonyl (C=O) groups is 2. The topological polar surface area (TPSA) is 99.2 Å². The lowest BCUT2D eigenvalue weighted by molar-refractivity contribution is -0.141. The summed E-state index contributed by atoms with van der Waals surface area (Å²) in [6, 6.07) is -0.744. The van der Waals surface area contributed by atoms with Gasteiger partial charge < -0.3 is 10.0 Å². The molecule has 1 aliphatic heterocycles. The number of aliphatic carboxylic acids is 1. The van der Waals surface area contributed by atoms with Gasteiger partial charge in [0.2, 0.25) is 5.82 Å². The zero-order valence-corrected chi connectivity index (χ0v) is 9.51. The molecule has 2 N–H and O–H groups in total. The van der Waals surface area contributed by atoms with E-state index in [0.717, 1.165) is 0 Å². The second-order valence-corrected chi connectivity index (χ2v) is 3.95. The van der Waals surface area contributed by atoms with Gasteiger partial charge in [0, 0.05) is 13.0 Å². The summed E-state index contributed by atoms with van der Waals surface area (Å²) in [5.41, 5.74) is 0. The van der Waals surface area contributed by atoms with E-state index < -0.39 is 17.9 Å². The third-order valence-electron chi connectivity index (χ3n) is 2.86. The lowest BCUT2D eigenvalue weighted by Crippen LogP contribution is -2.40. The van der Waals surface area contributed by atoms with Crippen molar-refractivity contribution in [2.75, 3.05) is 6.54 Å². The molecule has 0 saturated carbocycles. The molecule has 1 aromatic rings. The smallest absolute Gasteiger partial charge is 0.326 e. The Kier molecular flexibility index (Phi) is 3.08. The third kappa shape index (κ3) is 2.13. The number of aromatic nitrogens is 3. The number of aromatic amines is 1. The number of carbonyl (C=O) groups excluding carboxylic acids is 1. The number of hydrogen-bond donors (Lipinski definition) is 2. The minimum atomic E-state index is -0.970. The molecule has 1 fully saturated rings. The molecule has 1 saturated heterocycles. The van der Waals surface area contributed by atoms with E-state index in [0.29, 0.717) is 31.6 Å². The van der Waals surface area contributed by atoms with E-state index in [-0.39, 0.29) is 5.82 Å². The summed E-state index contributed by atoms with van der Waals surface area (Å²) in [7, 11) is 0. The minimum Gasteiger partial charge on any atom is -0.480 e. The lowest BCUT2D eigenvalue weighted by Gasteiger charge is -2.19. The normalized spacial score (nSPS) is 19.6. The average molecular weight is 238 g/mol. The predicted molar refractivity (Wildman–Crippen MR) is 57.5 cm³/mol. The molecule has 0 unspecified atom stereocenters. The van der Waals surface area contributed by atoms with Crippen molar-refractivity contribution in [3.8, 4) is 0 Å². The molecule has 2 rings (SSSR count). The molecule has 2 heterocycles. The maximum atomic E-state index is 12.0. The Hall–Kier alpha value is -1.92. The highest BCUT2D eigenvalue weighted by molar-refractivity contribution is 5.93. The van der Waals surface area contributed by atoms with Gasteiger partial charge in [0.25, 0.3) is 5.91 Å². The van der Waals surface area contributed by atoms with Crippen LogP contribution in [0.5, 0.6) is 0 Å². The van der Waals surface area contributed by atoms with E-state index in [9.17, 15) is 9.59 Å². The Balaban J connectivity index is 2.16. The van der Waals surface area contributed by atoms with Crippen LogP contribution in [-0.4, -0.2) is 49.7 Å². The first-order chi connectivity index (χ1) is 8.13. The summed E-state index contributed by atoms with van der Waals surface area (Å²) < 4.78 is 0. The van der Waals surface area contributed by atoms with Crippen molar-refractivity contribution < 1.29 is 14.7 Å². The summed E-state index contributed by atoms with van der Waals surface area (Å²) >= 11 is 0. The van der Waals surface area contributed by atoms with Gasteiger partial charge in [0.1, 0.15) is 11.9 Å². The van der Waals surface area contributed by atoms with Crippen LogP contribution in [0.25, 0.3) is 0 Å².